The Morgan fingerprint density at radius 3 is 2.50 bits per heavy atom. The summed E-state index contributed by atoms with van der Waals surface area (Å²) in [5.74, 6) is 0.673. The zero-order chi connectivity index (χ0) is 11.8. The van der Waals surface area contributed by atoms with Crippen LogP contribution in [-0.2, 0) is 0 Å². The third kappa shape index (κ3) is 1.76. The molecule has 88 valence electrons. The van der Waals surface area contributed by atoms with Gasteiger partial charge in [0.1, 0.15) is 0 Å². The molecule has 1 nitrogen and oxygen atoms in total. The van der Waals surface area contributed by atoms with Crippen molar-refractivity contribution in [1.82, 2.24) is 5.32 Å². The number of rotatable bonds is 3. The molecule has 0 spiro atoms. The van der Waals surface area contributed by atoms with Crippen molar-refractivity contribution < 1.29 is 0 Å². The molecule has 0 saturated heterocycles. The van der Waals surface area contributed by atoms with Gasteiger partial charge in [-0.15, -0.1) is 0 Å². The van der Waals surface area contributed by atoms with E-state index in [1.165, 1.54) is 18.4 Å². The molecule has 1 saturated carbocycles. The van der Waals surface area contributed by atoms with Crippen LogP contribution >= 0.6 is 11.6 Å². The molecule has 0 bridgehead atoms. The highest BCUT2D eigenvalue weighted by Gasteiger charge is 2.49. The van der Waals surface area contributed by atoms with E-state index in [1.54, 1.807) is 0 Å². The molecule has 0 heterocycles. The van der Waals surface area contributed by atoms with Crippen molar-refractivity contribution in [3.05, 3.63) is 34.9 Å². The van der Waals surface area contributed by atoms with Gasteiger partial charge in [-0.1, -0.05) is 37.6 Å². The maximum absolute atomic E-state index is 5.93. The largest absolute Gasteiger partial charge is 0.316 e. The predicted octanol–water partition coefficient (Wildman–Crippen LogP) is 3.83. The van der Waals surface area contributed by atoms with Gasteiger partial charge < -0.3 is 5.32 Å². The molecule has 0 amide bonds. The van der Waals surface area contributed by atoms with Gasteiger partial charge in [-0.05, 0) is 48.9 Å². The smallest absolute Gasteiger partial charge is 0.0406 e. The van der Waals surface area contributed by atoms with Crippen LogP contribution in [0, 0.1) is 5.41 Å². The monoisotopic (exact) mass is 237 g/mol. The molecule has 3 atom stereocenters. The van der Waals surface area contributed by atoms with E-state index in [4.69, 9.17) is 11.6 Å². The second kappa shape index (κ2) is 4.38. The van der Waals surface area contributed by atoms with E-state index in [0.29, 0.717) is 17.4 Å². The van der Waals surface area contributed by atoms with E-state index in [2.05, 4.69) is 38.3 Å². The molecule has 3 unspecified atom stereocenters. The molecule has 1 aromatic rings. The van der Waals surface area contributed by atoms with Crippen LogP contribution in [0.5, 0.6) is 0 Å². The zero-order valence-corrected chi connectivity index (χ0v) is 11.0. The topological polar surface area (TPSA) is 12.0 Å². The minimum atomic E-state index is 0.391. The molecule has 16 heavy (non-hydrogen) atoms. The minimum Gasteiger partial charge on any atom is -0.316 e. The first kappa shape index (κ1) is 11.9. The van der Waals surface area contributed by atoms with Gasteiger partial charge in [0.05, 0.1) is 0 Å². The fourth-order valence-electron chi connectivity index (χ4n) is 3.01. The normalized spacial score (nSPS) is 33.5. The van der Waals surface area contributed by atoms with Crippen LogP contribution in [0.2, 0.25) is 5.02 Å². The minimum absolute atomic E-state index is 0.391. The van der Waals surface area contributed by atoms with Crippen molar-refractivity contribution in [2.75, 3.05) is 7.05 Å². The molecule has 1 aromatic carbocycles. The fourth-order valence-corrected chi connectivity index (χ4v) is 3.13. The number of nitrogens with one attached hydrogen (secondary N) is 1. The average molecular weight is 238 g/mol. The van der Waals surface area contributed by atoms with Crippen LogP contribution in [0.3, 0.4) is 0 Å². The number of halogens is 1. The highest BCUT2D eigenvalue weighted by atomic mass is 35.5. The molecular formula is C14H20ClN. The first-order chi connectivity index (χ1) is 7.61. The Hall–Kier alpha value is -0.530. The number of hydrogen-bond acceptors (Lipinski definition) is 1. The van der Waals surface area contributed by atoms with E-state index < -0.39 is 0 Å². The highest BCUT2D eigenvalue weighted by Crippen LogP contribution is 2.54. The van der Waals surface area contributed by atoms with Crippen molar-refractivity contribution in [2.45, 2.75) is 38.6 Å². The van der Waals surface area contributed by atoms with E-state index in [1.807, 2.05) is 12.1 Å². The van der Waals surface area contributed by atoms with Crippen molar-refractivity contribution in [1.29, 1.82) is 0 Å². The summed E-state index contributed by atoms with van der Waals surface area (Å²) in [5, 5.41) is 4.25. The van der Waals surface area contributed by atoms with Crippen LogP contribution < -0.4 is 5.32 Å². The Kier molecular flexibility index (Phi) is 3.27. The summed E-state index contributed by atoms with van der Waals surface area (Å²) in [5.41, 5.74) is 1.82. The van der Waals surface area contributed by atoms with Crippen LogP contribution in [0.15, 0.2) is 24.3 Å². The Bertz CT molecular complexity index is 360. The lowest BCUT2D eigenvalue weighted by atomic mass is 9.54. The van der Waals surface area contributed by atoms with Crippen molar-refractivity contribution in [3.63, 3.8) is 0 Å². The molecule has 2 heteroatoms. The molecule has 2 rings (SSSR count). The zero-order valence-electron chi connectivity index (χ0n) is 10.3. The Morgan fingerprint density at radius 1 is 1.38 bits per heavy atom. The van der Waals surface area contributed by atoms with Crippen molar-refractivity contribution in [2.24, 2.45) is 5.41 Å². The molecular weight excluding hydrogens is 218 g/mol. The van der Waals surface area contributed by atoms with Gasteiger partial charge in [-0.3, -0.25) is 0 Å². The van der Waals surface area contributed by atoms with Gasteiger partial charge in [0.15, 0.2) is 0 Å². The Balaban J connectivity index is 2.21. The number of benzene rings is 1. The average Bonchev–Trinajstić information content (AvgIpc) is 2.30. The van der Waals surface area contributed by atoms with Crippen molar-refractivity contribution >= 4 is 11.6 Å². The summed E-state index contributed by atoms with van der Waals surface area (Å²) in [6, 6.07) is 9.00. The van der Waals surface area contributed by atoms with Gasteiger partial charge in [-0.2, -0.15) is 0 Å². The van der Waals surface area contributed by atoms with Crippen LogP contribution in [-0.4, -0.2) is 13.1 Å². The van der Waals surface area contributed by atoms with Gasteiger partial charge >= 0.3 is 0 Å². The molecule has 0 aromatic heterocycles. The molecule has 0 aliphatic heterocycles. The van der Waals surface area contributed by atoms with Gasteiger partial charge in [0.25, 0.3) is 0 Å². The number of hydrogen-bond donors (Lipinski definition) is 1. The third-order valence-electron chi connectivity index (χ3n) is 4.45. The molecule has 1 aliphatic carbocycles. The first-order valence-electron chi connectivity index (χ1n) is 6.04. The molecule has 1 fully saturated rings. The second-order valence-corrected chi connectivity index (χ2v) is 5.48. The van der Waals surface area contributed by atoms with Crippen LogP contribution in [0.4, 0.5) is 0 Å². The highest BCUT2D eigenvalue weighted by molar-refractivity contribution is 6.30. The Morgan fingerprint density at radius 2 is 2.00 bits per heavy atom. The van der Waals surface area contributed by atoms with E-state index in [9.17, 15) is 0 Å². The maximum Gasteiger partial charge on any atom is 0.0406 e. The van der Waals surface area contributed by atoms with Crippen LogP contribution in [0.1, 0.15) is 38.2 Å². The van der Waals surface area contributed by atoms with Crippen molar-refractivity contribution in [3.8, 4) is 0 Å². The lowest BCUT2D eigenvalue weighted by molar-refractivity contribution is 0.0495. The lowest BCUT2D eigenvalue weighted by Crippen LogP contribution is -2.55. The van der Waals surface area contributed by atoms with E-state index >= 15 is 0 Å². The Labute approximate surface area is 103 Å². The van der Waals surface area contributed by atoms with Crippen LogP contribution in [0.25, 0.3) is 0 Å². The van der Waals surface area contributed by atoms with E-state index in [-0.39, 0.29) is 0 Å². The summed E-state index contributed by atoms with van der Waals surface area (Å²) in [7, 11) is 2.07. The molecule has 1 N–H and O–H groups in total. The van der Waals surface area contributed by atoms with Gasteiger partial charge in [0.2, 0.25) is 0 Å². The SMILES string of the molecule is CCC1(C)C(NC)CC1c1ccc(Cl)cc1. The third-order valence-corrected chi connectivity index (χ3v) is 4.70. The lowest BCUT2D eigenvalue weighted by Gasteiger charge is -2.54. The summed E-state index contributed by atoms with van der Waals surface area (Å²) in [6.07, 6.45) is 2.45. The van der Waals surface area contributed by atoms with Gasteiger partial charge in [0, 0.05) is 11.1 Å². The van der Waals surface area contributed by atoms with E-state index in [0.717, 1.165) is 5.02 Å². The fraction of sp³-hybridized carbons (Fsp3) is 0.571. The second-order valence-electron chi connectivity index (χ2n) is 5.04. The first-order valence-corrected chi connectivity index (χ1v) is 6.42. The summed E-state index contributed by atoms with van der Waals surface area (Å²) in [6.45, 7) is 4.67. The summed E-state index contributed by atoms with van der Waals surface area (Å²) >= 11 is 5.93. The maximum atomic E-state index is 5.93. The quantitative estimate of drug-likeness (QED) is 0.843. The van der Waals surface area contributed by atoms with Gasteiger partial charge in [-0.25, -0.2) is 0 Å². The standard InChI is InChI=1S/C14H20ClN/c1-4-14(2)12(9-13(14)16-3)10-5-7-11(15)8-6-10/h5-8,12-13,16H,4,9H2,1-3H3. The molecule has 0 radical (unpaired) electrons. The predicted molar refractivity (Wildman–Crippen MR) is 70.1 cm³/mol. The summed E-state index contributed by atoms with van der Waals surface area (Å²) < 4.78 is 0. The summed E-state index contributed by atoms with van der Waals surface area (Å²) in [4.78, 5) is 0. The molecule has 1 aliphatic rings.